The summed E-state index contributed by atoms with van der Waals surface area (Å²) in [6.45, 7) is 48.7. The highest BCUT2D eigenvalue weighted by Gasteiger charge is 2.67. The smallest absolute Gasteiger partial charge is 0.330 e. The number of methoxy groups -OCH3 is 5. The fourth-order valence-electron chi connectivity index (χ4n) is 17.6. The number of aliphatic hydroxyl groups excluding tert-OH is 4. The van der Waals surface area contributed by atoms with Crippen LogP contribution in [0, 0.1) is 30.6 Å². The molecule has 0 saturated carbocycles. The Morgan fingerprint density at radius 1 is 0.468 bits per heavy atom. The zero-order valence-corrected chi connectivity index (χ0v) is 70.2. The maximum Gasteiger partial charge on any atom is 0.330 e. The van der Waals surface area contributed by atoms with Crippen LogP contribution in [0.15, 0.2) is 15.8 Å². The Bertz CT molecular complexity index is 3040. The molecular formula is C80H148N2O29. The van der Waals surface area contributed by atoms with Crippen LogP contribution in [0.1, 0.15) is 246 Å². The van der Waals surface area contributed by atoms with Crippen molar-refractivity contribution in [2.24, 2.45) is 23.7 Å². The lowest BCUT2D eigenvalue weighted by Crippen LogP contribution is -2.52. The molecule has 1 aromatic rings. The molecule has 0 spiro atoms. The van der Waals surface area contributed by atoms with Crippen molar-refractivity contribution in [3.63, 3.8) is 0 Å². The number of nitrogens with one attached hydrogen (secondary N) is 1. The Kier molecular flexibility index (Phi) is 36.3. The summed E-state index contributed by atoms with van der Waals surface area (Å²) in [6, 6.07) is 0. The lowest BCUT2D eigenvalue weighted by atomic mass is 9.77. The standard InChI is InChI=1S/C15H24N2O4.C14H24O6.C13H24O4.2C12H22O5.C11H20O5.3CH4/c1-6-15(8(2)3)10(5)11(18)13(21-15)17-7-9(4)12(19)16-14(17)20;1-7-14(8(2)3)12(17-6)11(18-9(4)15)13(20-14)19-10(5)16;1-7-13(8(2)3)10(14-6)9-11(17-13)16-12(4,5)15-9;2*1-6-12(7(2)13)9(14-5)8-10(17-12)16-11(3,4)15-8;1-5-11(6-12)8(13-4)7-9(16-11)15-10(2,3)14-7;;;/h7-8,10-11,13,18H,6H2,1-5H3,(H,16,19,20);8,11-13H,7H2,1-6H3;8-11H,7H2,1-6H3;2*7-10,13H,6H2,1-5H3;7-9,12H,5-6H2,1-4H3;3*1H4/t10-,11+,13+,15+;11-,12+,13?,14-;9-,10+,11+,13-;7-,8+,9-,10-,12+;7-,8-,9+,10+,12-;7-,8+,9+,11-;;;/m011011.../s1. The summed E-state index contributed by atoms with van der Waals surface area (Å²) in [7, 11) is 8.08. The number of aliphatic hydroxyl groups is 4. The number of aromatic nitrogens is 2. The lowest BCUT2D eigenvalue weighted by Gasteiger charge is -2.38. The summed E-state index contributed by atoms with van der Waals surface area (Å²) in [4.78, 5) is 48.2. The zero-order valence-electron chi connectivity index (χ0n) is 70.2. The van der Waals surface area contributed by atoms with Crippen LogP contribution in [0.3, 0.4) is 0 Å². The summed E-state index contributed by atoms with van der Waals surface area (Å²) < 4.78 is 121. The van der Waals surface area contributed by atoms with Crippen LogP contribution in [0.5, 0.6) is 0 Å². The van der Waals surface area contributed by atoms with Crippen LogP contribution in [-0.2, 0) is 109 Å². The highest BCUT2D eigenvalue weighted by atomic mass is 16.9. The molecule has 1 aromatic heterocycles. The number of carbonyl (C=O) groups excluding carboxylic acids is 2. The highest BCUT2D eigenvalue weighted by molar-refractivity contribution is 5.67. The predicted molar refractivity (Wildman–Crippen MR) is 410 cm³/mol. The molecule has 111 heavy (non-hydrogen) atoms. The first-order chi connectivity index (χ1) is 50.1. The Morgan fingerprint density at radius 2 is 0.793 bits per heavy atom. The third-order valence-electron chi connectivity index (χ3n) is 23.4. The van der Waals surface area contributed by atoms with Gasteiger partial charge < -0.3 is 120 Å². The molecule has 0 amide bonds. The molecule has 0 bridgehead atoms. The van der Waals surface area contributed by atoms with E-state index in [0.717, 1.165) is 12.8 Å². The number of esters is 2. The third-order valence-corrected chi connectivity index (χ3v) is 23.4. The highest BCUT2D eigenvalue weighted by Crippen LogP contribution is 2.52. The quantitative estimate of drug-likeness (QED) is 0.0758. The Morgan fingerprint density at radius 3 is 1.09 bits per heavy atom. The fraction of sp³-hybridized carbons (Fsp3) is 0.925. The van der Waals surface area contributed by atoms with E-state index in [1.54, 1.807) is 49.2 Å². The maximum absolute atomic E-state index is 12.0. The van der Waals surface area contributed by atoms with Gasteiger partial charge in [-0.25, -0.2) is 4.79 Å². The van der Waals surface area contributed by atoms with Gasteiger partial charge in [-0.15, -0.1) is 0 Å². The molecule has 11 heterocycles. The first kappa shape index (κ1) is 102. The third kappa shape index (κ3) is 20.4. The van der Waals surface area contributed by atoms with Crippen molar-refractivity contribution in [1.82, 2.24) is 9.55 Å². The minimum Gasteiger partial charge on any atom is -0.453 e. The number of hydrogen-bond acceptors (Lipinski definition) is 29. The molecule has 10 saturated heterocycles. The van der Waals surface area contributed by atoms with Crippen LogP contribution in [0.2, 0.25) is 0 Å². The van der Waals surface area contributed by atoms with Gasteiger partial charge in [-0.2, -0.15) is 0 Å². The second-order valence-corrected chi connectivity index (χ2v) is 32.5. The number of rotatable bonds is 20. The van der Waals surface area contributed by atoms with E-state index in [4.69, 9.17) is 99.5 Å². The molecule has 5 N–H and O–H groups in total. The van der Waals surface area contributed by atoms with Crippen molar-refractivity contribution in [1.29, 1.82) is 0 Å². The second-order valence-electron chi connectivity index (χ2n) is 32.5. The fourth-order valence-corrected chi connectivity index (χ4v) is 17.6. The first-order valence-corrected chi connectivity index (χ1v) is 38.5. The van der Waals surface area contributed by atoms with E-state index in [9.17, 15) is 39.6 Å². The minimum absolute atomic E-state index is 0. The van der Waals surface area contributed by atoms with E-state index >= 15 is 0 Å². The number of fused-ring (bicyclic) bond motifs is 4. The van der Waals surface area contributed by atoms with Crippen molar-refractivity contribution in [3.05, 3.63) is 32.6 Å². The van der Waals surface area contributed by atoms with Crippen LogP contribution in [0.4, 0.5) is 0 Å². The molecule has 652 valence electrons. The van der Waals surface area contributed by atoms with Gasteiger partial charge in [0.05, 0.1) is 24.4 Å². The Hall–Kier alpha value is -3.30. The number of hydrogen-bond donors (Lipinski definition) is 5. The first-order valence-electron chi connectivity index (χ1n) is 38.5. The maximum atomic E-state index is 12.0. The Labute approximate surface area is 661 Å². The SMILES string of the molecule is C.C.C.CC[C@]1(C(C)C)OC(OC(C)=O)[C@H](OC(C)=O)[C@@H]1OC.CC[C@]1(C(C)C)O[C@@H](n2cc(C)c(=O)[nH]c2=O)[C@H](O)[C@@H]1C.CC[C@]1(C(C)C)O[C@@H]2OC(C)(C)O[C@@H]2[C@@H]1OC.CC[C@]1(CO)O[C@@H]2OC(C)(C)O[C@@H]2[C@@H]1OC.CC[C@]1([C@@H](C)O)O[C@@H]2OC(C)(C)O[C@@H]2[C@@H]1OC.CC[C@]1([C@H](C)O)O[C@@H]2OC(C)(C)O[C@@H]2[C@@H]1OC. The summed E-state index contributed by atoms with van der Waals surface area (Å²) >= 11 is 0. The van der Waals surface area contributed by atoms with Crippen molar-refractivity contribution < 1.29 is 129 Å². The number of H-pyrrole nitrogens is 1. The molecule has 26 atom stereocenters. The molecule has 0 aliphatic carbocycles. The van der Waals surface area contributed by atoms with Crippen molar-refractivity contribution in [2.45, 2.75) is 415 Å². The van der Waals surface area contributed by atoms with E-state index in [2.05, 4.69) is 39.6 Å². The van der Waals surface area contributed by atoms with Crippen LogP contribution < -0.4 is 11.2 Å². The van der Waals surface area contributed by atoms with Gasteiger partial charge >= 0.3 is 17.6 Å². The number of aryl methyl sites for hydroxylation is 1. The average molecular weight is 1600 g/mol. The monoisotopic (exact) mass is 1600 g/mol. The molecule has 1 unspecified atom stereocenters. The van der Waals surface area contributed by atoms with Gasteiger partial charge in [-0.1, -0.05) is 112 Å². The van der Waals surface area contributed by atoms with Crippen molar-refractivity contribution >= 4 is 11.9 Å². The van der Waals surface area contributed by atoms with Gasteiger partial charge in [0.1, 0.15) is 89.0 Å². The van der Waals surface area contributed by atoms with Gasteiger partial charge in [-0.3, -0.25) is 23.9 Å². The number of nitrogens with zero attached hydrogens (tertiary/aromatic N) is 1. The normalized spacial score (nSPS) is 39.7. The lowest BCUT2D eigenvalue weighted by molar-refractivity contribution is -0.259. The molecule has 11 rings (SSSR count). The summed E-state index contributed by atoms with van der Waals surface area (Å²) in [6.07, 6.45) is -3.03. The summed E-state index contributed by atoms with van der Waals surface area (Å²) in [5.41, 5.74) is -4.21. The largest absolute Gasteiger partial charge is 0.453 e. The molecule has 10 aliphatic heterocycles. The van der Waals surface area contributed by atoms with E-state index in [1.165, 1.54) is 31.7 Å². The number of carbonyl (C=O) groups is 2. The molecule has 31 nitrogen and oxygen atoms in total. The van der Waals surface area contributed by atoms with Crippen molar-refractivity contribution in [2.75, 3.05) is 42.2 Å². The van der Waals surface area contributed by atoms with Gasteiger partial charge in [0, 0.05) is 67.1 Å². The Balaban J connectivity index is 0.000000344. The predicted octanol–water partition coefficient (Wildman–Crippen LogP) is 9.78. The molecule has 0 radical (unpaired) electrons. The zero-order chi connectivity index (χ0) is 82.0. The van der Waals surface area contributed by atoms with E-state index in [0.29, 0.717) is 37.2 Å². The second kappa shape index (κ2) is 39.5. The average Bonchev–Trinajstić information content (AvgIpc) is 1.60. The van der Waals surface area contributed by atoms with Crippen molar-refractivity contribution in [3.8, 4) is 0 Å². The van der Waals surface area contributed by atoms with Gasteiger partial charge in [0.2, 0.25) is 6.29 Å². The van der Waals surface area contributed by atoms with Crippen LogP contribution in [0.25, 0.3) is 0 Å². The molecular weight excluding hydrogens is 1450 g/mol. The van der Waals surface area contributed by atoms with Gasteiger partial charge in [-0.05, 0) is 132 Å². The molecule has 10 fully saturated rings. The summed E-state index contributed by atoms with van der Waals surface area (Å²) in [5, 5.41) is 40.0. The molecule has 0 aromatic carbocycles. The summed E-state index contributed by atoms with van der Waals surface area (Å²) in [5.74, 6) is -2.94. The molecule has 10 aliphatic rings. The minimum atomic E-state index is -0.941. The van der Waals surface area contributed by atoms with Gasteiger partial charge in [0.25, 0.3) is 5.56 Å². The topological polar surface area (TPSA) is 364 Å². The number of aromatic amines is 1. The number of ether oxygens (including phenoxy) is 21. The van der Waals surface area contributed by atoms with E-state index in [1.807, 2.05) is 111 Å². The van der Waals surface area contributed by atoms with E-state index < -0.39 is 136 Å². The molecule has 31 heteroatoms. The van der Waals surface area contributed by atoms with Crippen LogP contribution in [-0.4, -0.2) is 252 Å². The van der Waals surface area contributed by atoms with Crippen LogP contribution >= 0.6 is 0 Å². The van der Waals surface area contributed by atoms with E-state index in [-0.39, 0.29) is 107 Å². The van der Waals surface area contributed by atoms with Gasteiger partial charge in [0.15, 0.2) is 60.6 Å².